The molecule has 0 unspecified atom stereocenters. The second-order valence-electron chi connectivity index (χ2n) is 8.51. The zero-order chi connectivity index (χ0) is 25.0. The molecule has 0 radical (unpaired) electrons. The van der Waals surface area contributed by atoms with Crippen molar-refractivity contribution in [1.82, 2.24) is 15.3 Å². The molecule has 0 aliphatic heterocycles. The molecule has 7 N–H and O–H groups in total. The van der Waals surface area contributed by atoms with Crippen LogP contribution in [0.15, 0.2) is 77.5 Å². The lowest BCUT2D eigenvalue weighted by Crippen LogP contribution is -2.37. The Hall–Kier alpha value is -4.33. The number of nitrogens with two attached hydrogens (primary N) is 2. The number of allylic oxidation sites excluding steroid dienone is 3. The number of fused-ring (bicyclic) bond motifs is 1. The van der Waals surface area contributed by atoms with E-state index in [-0.39, 0.29) is 11.5 Å². The first-order valence-corrected chi connectivity index (χ1v) is 10.8. The number of carbonyl (C=O) groups is 1. The number of nitrogens with zero attached hydrogens (tertiary/aromatic N) is 1. The van der Waals surface area contributed by atoms with Crippen LogP contribution in [-0.2, 0) is 10.2 Å². The number of carbonyl (C=O) groups excluding carboxylic acids is 1. The van der Waals surface area contributed by atoms with Gasteiger partial charge in [0.05, 0.1) is 16.5 Å². The van der Waals surface area contributed by atoms with Gasteiger partial charge in [0.2, 0.25) is 5.91 Å². The van der Waals surface area contributed by atoms with Crippen molar-refractivity contribution in [3.63, 3.8) is 0 Å². The fraction of sp³-hybridized carbons (Fsp3) is 0.192. The molecule has 0 spiro atoms. The minimum Gasteiger partial charge on any atom is -0.404 e. The summed E-state index contributed by atoms with van der Waals surface area (Å²) >= 11 is 0. The maximum absolute atomic E-state index is 12.6. The Kier molecular flexibility index (Phi) is 6.91. The molecule has 34 heavy (non-hydrogen) atoms. The Balaban J connectivity index is 2.08. The van der Waals surface area contributed by atoms with Crippen molar-refractivity contribution in [1.29, 1.82) is 0 Å². The number of aromatic amines is 1. The quantitative estimate of drug-likeness (QED) is 0.344. The average Bonchev–Trinajstić information content (AvgIpc) is 2.81. The van der Waals surface area contributed by atoms with Gasteiger partial charge in [0.1, 0.15) is 5.82 Å². The van der Waals surface area contributed by atoms with Crippen LogP contribution in [0.1, 0.15) is 32.0 Å². The number of hydrogen-bond acceptors (Lipinski definition) is 6. The van der Waals surface area contributed by atoms with E-state index in [9.17, 15) is 9.59 Å². The van der Waals surface area contributed by atoms with Gasteiger partial charge in [-0.15, -0.1) is 0 Å². The molecule has 0 fully saturated rings. The first kappa shape index (κ1) is 24.3. The number of anilines is 2. The van der Waals surface area contributed by atoms with Gasteiger partial charge in [0.15, 0.2) is 0 Å². The minimum absolute atomic E-state index is 0.0790. The second kappa shape index (κ2) is 9.66. The molecular formula is C26H30N6O2. The van der Waals surface area contributed by atoms with Crippen LogP contribution in [0.25, 0.3) is 16.3 Å². The minimum atomic E-state index is -0.687. The van der Waals surface area contributed by atoms with Crippen LogP contribution >= 0.6 is 0 Å². The van der Waals surface area contributed by atoms with Gasteiger partial charge in [-0.25, -0.2) is 4.98 Å². The van der Waals surface area contributed by atoms with E-state index in [0.717, 1.165) is 11.1 Å². The number of H-pyrrole nitrogens is 1. The van der Waals surface area contributed by atoms with Crippen molar-refractivity contribution >= 4 is 33.8 Å². The number of hydrogen-bond donors (Lipinski definition) is 5. The normalized spacial score (nSPS) is 12.5. The monoisotopic (exact) mass is 458 g/mol. The van der Waals surface area contributed by atoms with Crippen LogP contribution in [0, 0.1) is 0 Å². The fourth-order valence-corrected chi connectivity index (χ4v) is 3.54. The maximum Gasteiger partial charge on any atom is 0.259 e. The number of benzene rings is 1. The number of nitrogens with one attached hydrogen (secondary N) is 3. The average molecular weight is 459 g/mol. The molecule has 1 aromatic carbocycles. The topological polar surface area (TPSA) is 139 Å². The summed E-state index contributed by atoms with van der Waals surface area (Å²) < 4.78 is 0. The summed E-state index contributed by atoms with van der Waals surface area (Å²) in [6, 6.07) is 11.0. The van der Waals surface area contributed by atoms with E-state index < -0.39 is 5.41 Å². The summed E-state index contributed by atoms with van der Waals surface area (Å²) in [5.74, 6) is 0.300. The fourth-order valence-electron chi connectivity index (χ4n) is 3.54. The van der Waals surface area contributed by atoms with Gasteiger partial charge in [-0.05, 0) is 67.6 Å². The van der Waals surface area contributed by atoms with Crippen LogP contribution < -0.4 is 27.7 Å². The number of aromatic nitrogens is 2. The van der Waals surface area contributed by atoms with Crippen LogP contribution in [0.4, 0.5) is 11.5 Å². The van der Waals surface area contributed by atoms with Gasteiger partial charge < -0.3 is 27.1 Å². The highest BCUT2D eigenvalue weighted by molar-refractivity contribution is 5.95. The van der Waals surface area contributed by atoms with Crippen molar-refractivity contribution in [3.8, 4) is 0 Å². The third kappa shape index (κ3) is 4.85. The van der Waals surface area contributed by atoms with Crippen LogP contribution in [-0.4, -0.2) is 22.9 Å². The lowest BCUT2D eigenvalue weighted by Gasteiger charge is -2.23. The maximum atomic E-state index is 12.6. The van der Waals surface area contributed by atoms with Gasteiger partial charge in [-0.1, -0.05) is 18.7 Å². The number of rotatable bonds is 7. The van der Waals surface area contributed by atoms with Crippen molar-refractivity contribution in [3.05, 3.63) is 94.3 Å². The molecule has 2 heterocycles. The van der Waals surface area contributed by atoms with Gasteiger partial charge in [0.25, 0.3) is 5.56 Å². The van der Waals surface area contributed by atoms with E-state index in [1.807, 2.05) is 45.0 Å². The number of pyridine rings is 2. The van der Waals surface area contributed by atoms with Crippen LogP contribution in [0.3, 0.4) is 0 Å². The highest BCUT2D eigenvalue weighted by atomic mass is 16.2. The highest BCUT2D eigenvalue weighted by Gasteiger charge is 2.28. The van der Waals surface area contributed by atoms with E-state index in [1.54, 1.807) is 31.5 Å². The Morgan fingerprint density at radius 1 is 1.21 bits per heavy atom. The predicted octanol–water partition coefficient (Wildman–Crippen LogP) is 3.41. The molecule has 3 rings (SSSR count). The van der Waals surface area contributed by atoms with Crippen molar-refractivity contribution in [2.45, 2.75) is 26.2 Å². The van der Waals surface area contributed by atoms with Crippen LogP contribution in [0.2, 0.25) is 0 Å². The lowest BCUT2D eigenvalue weighted by atomic mass is 9.83. The standard InChI is InChI=1S/C26H30N6O2/c1-15(16(2)28)12-18(14-27)21-13-17-10-11-30-24(33)22(17)23(32-21)31-20-8-6-19(7-9-20)26(3,4)25(34)29-5/h6-14H,2,27-28H2,1,3-5H3,(H,29,34)(H,30,33)(H,31,32)/b15-12-,18-14+. The van der Waals surface area contributed by atoms with E-state index in [0.29, 0.717) is 39.2 Å². The summed E-state index contributed by atoms with van der Waals surface area (Å²) in [6.07, 6.45) is 4.82. The SMILES string of the molecule is C=C(N)/C(C)=C\C(=C/N)c1cc2cc[nH]c(=O)c2c(Nc2ccc(C(C)(C)C(=O)NC)cc2)n1. The molecule has 0 saturated heterocycles. The Morgan fingerprint density at radius 3 is 2.47 bits per heavy atom. The Labute approximate surface area is 198 Å². The lowest BCUT2D eigenvalue weighted by molar-refractivity contribution is -0.125. The van der Waals surface area contributed by atoms with Gasteiger partial charge in [-0.2, -0.15) is 0 Å². The Morgan fingerprint density at radius 2 is 1.88 bits per heavy atom. The van der Waals surface area contributed by atoms with Crippen molar-refractivity contribution in [2.24, 2.45) is 11.5 Å². The molecule has 2 aromatic heterocycles. The van der Waals surface area contributed by atoms with E-state index in [4.69, 9.17) is 16.5 Å². The third-order valence-corrected chi connectivity index (χ3v) is 5.77. The first-order chi connectivity index (χ1) is 16.1. The smallest absolute Gasteiger partial charge is 0.259 e. The van der Waals surface area contributed by atoms with Crippen molar-refractivity contribution in [2.75, 3.05) is 12.4 Å². The highest BCUT2D eigenvalue weighted by Crippen LogP contribution is 2.29. The van der Waals surface area contributed by atoms with E-state index in [2.05, 4.69) is 22.2 Å². The van der Waals surface area contributed by atoms with Crippen molar-refractivity contribution < 1.29 is 4.79 Å². The number of amides is 1. The van der Waals surface area contributed by atoms with E-state index in [1.165, 1.54) is 6.20 Å². The second-order valence-corrected chi connectivity index (χ2v) is 8.51. The summed E-state index contributed by atoms with van der Waals surface area (Å²) in [4.78, 5) is 32.3. The van der Waals surface area contributed by atoms with Gasteiger partial charge >= 0.3 is 0 Å². The molecule has 1 amide bonds. The molecule has 0 bridgehead atoms. The Bertz CT molecular complexity index is 1360. The molecule has 0 aliphatic carbocycles. The zero-order valence-electron chi connectivity index (χ0n) is 19.8. The largest absolute Gasteiger partial charge is 0.404 e. The summed E-state index contributed by atoms with van der Waals surface area (Å²) in [5, 5.41) is 7.05. The molecule has 8 nitrogen and oxygen atoms in total. The first-order valence-electron chi connectivity index (χ1n) is 10.8. The molecule has 0 atom stereocenters. The zero-order valence-corrected chi connectivity index (χ0v) is 19.8. The predicted molar refractivity (Wildman–Crippen MR) is 138 cm³/mol. The number of likely N-dealkylation sites (N-methyl/N-ethyl adjacent to an activating group) is 1. The third-order valence-electron chi connectivity index (χ3n) is 5.77. The molecule has 176 valence electrons. The molecule has 0 aliphatic rings. The molecular weight excluding hydrogens is 428 g/mol. The molecule has 8 heteroatoms. The van der Waals surface area contributed by atoms with Gasteiger partial charge in [-0.3, -0.25) is 9.59 Å². The van der Waals surface area contributed by atoms with E-state index >= 15 is 0 Å². The van der Waals surface area contributed by atoms with Gasteiger partial charge in [0, 0.05) is 36.4 Å². The molecule has 0 saturated carbocycles. The molecule has 3 aromatic rings. The summed E-state index contributed by atoms with van der Waals surface area (Å²) in [7, 11) is 1.62. The summed E-state index contributed by atoms with van der Waals surface area (Å²) in [5.41, 5.74) is 14.7. The van der Waals surface area contributed by atoms with Crippen LogP contribution in [0.5, 0.6) is 0 Å². The summed E-state index contributed by atoms with van der Waals surface area (Å²) in [6.45, 7) is 9.30.